The quantitative estimate of drug-likeness (QED) is 0.277. The van der Waals surface area contributed by atoms with Crippen LogP contribution in [-0.2, 0) is 4.74 Å². The van der Waals surface area contributed by atoms with Crippen molar-refractivity contribution in [3.8, 4) is 0 Å². The Morgan fingerprint density at radius 1 is 0.700 bits per heavy atom. The van der Waals surface area contributed by atoms with E-state index in [1.165, 1.54) is 77.0 Å². The van der Waals surface area contributed by atoms with E-state index >= 15 is 0 Å². The van der Waals surface area contributed by atoms with E-state index in [9.17, 15) is 13.2 Å². The minimum Gasteiger partial charge on any atom is -0.289 e. The van der Waals surface area contributed by atoms with E-state index in [0.717, 1.165) is 30.6 Å². The maximum Gasteiger partial charge on any atom is 0.522 e. The molecule has 0 aliphatic heterocycles. The van der Waals surface area contributed by atoms with Crippen molar-refractivity contribution in [2.24, 2.45) is 29.6 Å². The lowest BCUT2D eigenvalue weighted by Gasteiger charge is -2.37. The first-order valence-corrected chi connectivity index (χ1v) is 12.9. The molecule has 0 unspecified atom stereocenters. The molecule has 3 aliphatic rings. The van der Waals surface area contributed by atoms with Gasteiger partial charge in [-0.2, -0.15) is 0 Å². The second kappa shape index (κ2) is 11.9. The molecule has 0 bridgehead atoms. The fourth-order valence-electron chi connectivity index (χ4n) is 6.34. The van der Waals surface area contributed by atoms with Crippen LogP contribution in [0, 0.1) is 29.6 Å². The third kappa shape index (κ3) is 8.20. The Hall–Kier alpha value is -0.510. The predicted octanol–water partition coefficient (Wildman–Crippen LogP) is 8.83. The summed E-state index contributed by atoms with van der Waals surface area (Å²) < 4.78 is 41.2. The fourth-order valence-corrected chi connectivity index (χ4v) is 6.34. The van der Waals surface area contributed by atoms with Crippen LogP contribution in [0.5, 0.6) is 0 Å². The van der Waals surface area contributed by atoms with Crippen molar-refractivity contribution < 1.29 is 17.9 Å². The summed E-state index contributed by atoms with van der Waals surface area (Å²) in [6.45, 7) is 2.29. The summed E-state index contributed by atoms with van der Waals surface area (Å²) in [5.41, 5.74) is 0. The van der Waals surface area contributed by atoms with Crippen LogP contribution in [0.4, 0.5) is 13.2 Å². The zero-order valence-electron chi connectivity index (χ0n) is 19.0. The molecule has 0 amide bonds. The van der Waals surface area contributed by atoms with Gasteiger partial charge in [0.2, 0.25) is 0 Å². The van der Waals surface area contributed by atoms with Crippen LogP contribution in [0.1, 0.15) is 110 Å². The molecule has 0 aromatic carbocycles. The van der Waals surface area contributed by atoms with E-state index in [1.807, 2.05) is 0 Å². The van der Waals surface area contributed by atoms with E-state index < -0.39 is 12.5 Å². The Bertz CT molecular complexity index is 491. The van der Waals surface area contributed by atoms with Gasteiger partial charge in [0.1, 0.15) is 0 Å². The highest BCUT2D eigenvalue weighted by atomic mass is 19.4. The van der Waals surface area contributed by atoms with E-state index in [0.29, 0.717) is 24.7 Å². The van der Waals surface area contributed by atoms with Crippen LogP contribution in [0.3, 0.4) is 0 Å². The second-order valence-electron chi connectivity index (χ2n) is 10.4. The van der Waals surface area contributed by atoms with Crippen LogP contribution < -0.4 is 0 Å². The van der Waals surface area contributed by atoms with E-state index in [1.54, 1.807) is 0 Å². The number of ether oxygens (including phenoxy) is 1. The Kier molecular flexibility index (Phi) is 9.60. The molecule has 0 spiro atoms. The first-order valence-electron chi connectivity index (χ1n) is 12.9. The molecule has 3 aliphatic carbocycles. The molecule has 0 N–H and O–H groups in total. The summed E-state index contributed by atoms with van der Waals surface area (Å²) in [6, 6.07) is 0. The van der Waals surface area contributed by atoms with Crippen LogP contribution in [0.2, 0.25) is 0 Å². The first kappa shape index (κ1) is 24.1. The van der Waals surface area contributed by atoms with E-state index in [4.69, 9.17) is 0 Å². The smallest absolute Gasteiger partial charge is 0.289 e. The molecule has 3 fully saturated rings. The third-order valence-corrected chi connectivity index (χ3v) is 8.27. The molecular formula is C26H43F3O. The summed E-state index contributed by atoms with van der Waals surface area (Å²) in [5.74, 6) is 4.06. The van der Waals surface area contributed by atoms with Gasteiger partial charge in [0.05, 0.1) is 6.10 Å². The van der Waals surface area contributed by atoms with Gasteiger partial charge in [-0.3, -0.25) is 4.74 Å². The number of rotatable bonds is 8. The van der Waals surface area contributed by atoms with Gasteiger partial charge in [-0.05, 0) is 93.8 Å². The maximum absolute atomic E-state index is 12.3. The van der Waals surface area contributed by atoms with Gasteiger partial charge in [0, 0.05) is 0 Å². The van der Waals surface area contributed by atoms with Crippen molar-refractivity contribution in [2.75, 3.05) is 0 Å². The van der Waals surface area contributed by atoms with E-state index in [-0.39, 0.29) is 0 Å². The Morgan fingerprint density at radius 2 is 1.20 bits per heavy atom. The van der Waals surface area contributed by atoms with Crippen molar-refractivity contribution in [2.45, 2.75) is 122 Å². The molecule has 0 atom stereocenters. The molecule has 0 heterocycles. The van der Waals surface area contributed by atoms with Crippen molar-refractivity contribution in [3.63, 3.8) is 0 Å². The van der Waals surface area contributed by atoms with Gasteiger partial charge in [-0.1, -0.05) is 57.6 Å². The zero-order valence-corrected chi connectivity index (χ0v) is 19.0. The lowest BCUT2D eigenvalue weighted by Crippen LogP contribution is -2.28. The topological polar surface area (TPSA) is 9.23 Å². The van der Waals surface area contributed by atoms with Gasteiger partial charge < -0.3 is 0 Å². The number of hydrogen-bond acceptors (Lipinski definition) is 1. The molecule has 0 saturated heterocycles. The third-order valence-electron chi connectivity index (χ3n) is 8.27. The number of allylic oxidation sites excluding steroid dienone is 2. The lowest BCUT2D eigenvalue weighted by molar-refractivity contribution is -0.345. The molecule has 0 aromatic rings. The van der Waals surface area contributed by atoms with Gasteiger partial charge in [-0.15, -0.1) is 13.2 Å². The normalized spacial score (nSPS) is 36.3. The average molecular weight is 429 g/mol. The van der Waals surface area contributed by atoms with Crippen LogP contribution in [0.15, 0.2) is 12.2 Å². The van der Waals surface area contributed by atoms with Crippen LogP contribution in [0.25, 0.3) is 0 Å². The molecule has 1 nitrogen and oxygen atoms in total. The summed E-state index contributed by atoms with van der Waals surface area (Å²) in [6.07, 6.45) is 19.2. The molecule has 4 heteroatoms. The zero-order chi connectivity index (χ0) is 21.4. The maximum atomic E-state index is 12.3. The lowest BCUT2D eigenvalue weighted by atomic mass is 9.68. The molecule has 0 aromatic heterocycles. The Morgan fingerprint density at radius 3 is 1.70 bits per heavy atom. The molecule has 174 valence electrons. The molecule has 0 radical (unpaired) electrons. The van der Waals surface area contributed by atoms with Gasteiger partial charge in [0.25, 0.3) is 0 Å². The van der Waals surface area contributed by atoms with Crippen molar-refractivity contribution >= 4 is 0 Å². The van der Waals surface area contributed by atoms with Gasteiger partial charge in [-0.25, -0.2) is 0 Å². The molecule has 30 heavy (non-hydrogen) atoms. The SMILES string of the molecule is CCCCCC1CCC(C2CCC(C=CC3CCC(OC(F)(F)F)CC3)CC2)CC1. The minimum atomic E-state index is -4.49. The first-order chi connectivity index (χ1) is 14.4. The second-order valence-corrected chi connectivity index (χ2v) is 10.4. The number of hydrogen-bond donors (Lipinski definition) is 0. The average Bonchev–Trinajstić information content (AvgIpc) is 2.73. The predicted molar refractivity (Wildman–Crippen MR) is 117 cm³/mol. The van der Waals surface area contributed by atoms with Crippen molar-refractivity contribution in [3.05, 3.63) is 12.2 Å². The molecular weight excluding hydrogens is 385 g/mol. The highest BCUT2D eigenvalue weighted by molar-refractivity contribution is 4.97. The Balaban J connectivity index is 1.30. The monoisotopic (exact) mass is 428 g/mol. The van der Waals surface area contributed by atoms with Gasteiger partial charge >= 0.3 is 6.36 Å². The minimum absolute atomic E-state index is 0.443. The highest BCUT2D eigenvalue weighted by Gasteiger charge is 2.35. The summed E-state index contributed by atoms with van der Waals surface area (Å²) in [4.78, 5) is 0. The number of unbranched alkanes of at least 4 members (excludes halogenated alkanes) is 2. The van der Waals surface area contributed by atoms with Crippen LogP contribution in [-0.4, -0.2) is 12.5 Å². The highest BCUT2D eigenvalue weighted by Crippen LogP contribution is 2.43. The van der Waals surface area contributed by atoms with Crippen LogP contribution >= 0.6 is 0 Å². The van der Waals surface area contributed by atoms with Crippen molar-refractivity contribution in [1.29, 1.82) is 0 Å². The molecule has 3 saturated carbocycles. The molecule has 3 rings (SSSR count). The summed E-state index contributed by atoms with van der Waals surface area (Å²) in [7, 11) is 0. The van der Waals surface area contributed by atoms with E-state index in [2.05, 4.69) is 23.8 Å². The summed E-state index contributed by atoms with van der Waals surface area (Å²) in [5, 5.41) is 0. The Labute approximate surface area is 182 Å². The largest absolute Gasteiger partial charge is 0.522 e. The summed E-state index contributed by atoms with van der Waals surface area (Å²) >= 11 is 0. The fraction of sp³-hybridized carbons (Fsp3) is 0.923. The number of halogens is 3. The van der Waals surface area contributed by atoms with Gasteiger partial charge in [0.15, 0.2) is 0 Å². The number of alkyl halides is 3. The standard InChI is InChI=1S/C26H43F3O/c1-2-3-4-5-20-8-14-23(15-9-20)24-16-10-21(11-17-24)6-7-22-12-18-25(19-13-22)30-26(27,28)29/h6-7,20-25H,2-5,8-19H2,1H3. The van der Waals surface area contributed by atoms with Crippen molar-refractivity contribution in [1.82, 2.24) is 0 Å².